The van der Waals surface area contributed by atoms with Crippen LogP contribution in [0.3, 0.4) is 0 Å². The minimum absolute atomic E-state index is 0.0149. The second-order valence-electron chi connectivity index (χ2n) is 15.9. The molecule has 0 aromatic rings. The highest BCUT2D eigenvalue weighted by molar-refractivity contribution is 5.88. The molecule has 0 radical (unpaired) electrons. The molecule has 40 heavy (non-hydrogen) atoms. The summed E-state index contributed by atoms with van der Waals surface area (Å²) in [6.07, 6.45) is 23.8. The van der Waals surface area contributed by atoms with Gasteiger partial charge in [-0.25, -0.2) is 0 Å². The van der Waals surface area contributed by atoms with E-state index in [4.69, 9.17) is 9.47 Å². The van der Waals surface area contributed by atoms with Crippen molar-refractivity contribution in [3.63, 3.8) is 0 Å². The monoisotopic (exact) mass is 556 g/mol. The van der Waals surface area contributed by atoms with Crippen molar-refractivity contribution in [1.29, 1.82) is 0 Å². The molecule has 4 saturated carbocycles. The zero-order valence-corrected chi connectivity index (χ0v) is 26.7. The zero-order valence-electron chi connectivity index (χ0n) is 26.7. The number of esters is 1. The Morgan fingerprint density at radius 2 is 1.43 bits per heavy atom. The summed E-state index contributed by atoms with van der Waals surface area (Å²) < 4.78 is 12.4. The number of rotatable bonds is 15. The number of fused-ring (bicyclic) bond motifs is 5. The van der Waals surface area contributed by atoms with Gasteiger partial charge in [0.1, 0.15) is 0 Å². The SMILES string of the molecule is CCCCCCCCCCCCCCCC(=O)O[C@H]1C(=O)C[C@]2(C)[C@H](CC[C@@]34C[C@@H](CC[C@@H]23)[C@]2(C)O[C@H]42)C1(C)C. The van der Waals surface area contributed by atoms with Crippen LogP contribution in [0.5, 0.6) is 0 Å². The summed E-state index contributed by atoms with van der Waals surface area (Å²) in [4.78, 5) is 26.6. The zero-order chi connectivity index (χ0) is 28.6. The van der Waals surface area contributed by atoms with Gasteiger partial charge in [0, 0.05) is 23.7 Å². The van der Waals surface area contributed by atoms with Crippen LogP contribution in [-0.2, 0) is 19.1 Å². The summed E-state index contributed by atoms with van der Waals surface area (Å²) in [6, 6.07) is 0. The van der Waals surface area contributed by atoms with Crippen LogP contribution in [0.15, 0.2) is 0 Å². The normalized spacial score (nSPS) is 40.7. The highest BCUT2D eigenvalue weighted by Crippen LogP contribution is 2.77. The molecule has 0 aromatic carbocycles. The van der Waals surface area contributed by atoms with Crippen LogP contribution < -0.4 is 0 Å². The molecule has 5 rings (SSSR count). The van der Waals surface area contributed by atoms with E-state index in [1.165, 1.54) is 96.3 Å². The molecule has 8 atom stereocenters. The molecular formula is C36H60O4. The summed E-state index contributed by atoms with van der Waals surface area (Å²) in [5, 5.41) is 0. The van der Waals surface area contributed by atoms with Crippen LogP contribution in [0.25, 0.3) is 0 Å². The van der Waals surface area contributed by atoms with Gasteiger partial charge in [-0.2, -0.15) is 0 Å². The predicted molar refractivity (Wildman–Crippen MR) is 161 cm³/mol. The van der Waals surface area contributed by atoms with Crippen molar-refractivity contribution in [1.82, 2.24) is 0 Å². The summed E-state index contributed by atoms with van der Waals surface area (Å²) >= 11 is 0. The van der Waals surface area contributed by atoms with E-state index in [0.29, 0.717) is 36.7 Å². The lowest BCUT2D eigenvalue weighted by Gasteiger charge is -2.64. The van der Waals surface area contributed by atoms with Gasteiger partial charge in [-0.1, -0.05) is 105 Å². The van der Waals surface area contributed by atoms with E-state index in [1.807, 2.05) is 0 Å². The fraction of sp³-hybridized carbons (Fsp3) is 0.944. The van der Waals surface area contributed by atoms with E-state index < -0.39 is 6.10 Å². The van der Waals surface area contributed by atoms with Gasteiger partial charge >= 0.3 is 5.97 Å². The number of hydrogen-bond donors (Lipinski definition) is 0. The Bertz CT molecular complexity index is 910. The number of carbonyl (C=O) groups excluding carboxylic acids is 2. The number of epoxide rings is 1. The van der Waals surface area contributed by atoms with Crippen LogP contribution in [0.4, 0.5) is 0 Å². The third-order valence-corrected chi connectivity index (χ3v) is 12.9. The van der Waals surface area contributed by atoms with Gasteiger partial charge in [-0.05, 0) is 68.6 Å². The molecule has 0 aromatic heterocycles. The molecule has 4 nitrogen and oxygen atoms in total. The van der Waals surface area contributed by atoms with E-state index in [0.717, 1.165) is 19.3 Å². The molecule has 5 aliphatic rings. The number of ether oxygens (including phenoxy) is 2. The average Bonchev–Trinajstić information content (AvgIpc) is 3.58. The third-order valence-electron chi connectivity index (χ3n) is 12.9. The van der Waals surface area contributed by atoms with Gasteiger partial charge in [-0.3, -0.25) is 9.59 Å². The van der Waals surface area contributed by atoms with Crippen LogP contribution in [0.1, 0.15) is 163 Å². The summed E-state index contributed by atoms with van der Waals surface area (Å²) in [7, 11) is 0. The molecule has 5 fully saturated rings. The Morgan fingerprint density at radius 1 is 0.825 bits per heavy atom. The molecule has 2 bridgehead atoms. The Hall–Kier alpha value is -0.900. The Kier molecular flexibility index (Phi) is 9.17. The molecule has 0 unspecified atom stereocenters. The molecule has 228 valence electrons. The van der Waals surface area contributed by atoms with Gasteiger partial charge in [0.05, 0.1) is 11.7 Å². The molecule has 0 amide bonds. The van der Waals surface area contributed by atoms with Crippen molar-refractivity contribution < 1.29 is 19.1 Å². The number of ketones is 1. The molecule has 1 aliphatic heterocycles. The lowest BCUT2D eigenvalue weighted by molar-refractivity contribution is -0.204. The first kappa shape index (κ1) is 30.6. The number of Topliss-reactive ketones (excluding diaryl/α,β-unsaturated/α-hetero) is 1. The van der Waals surface area contributed by atoms with Crippen molar-refractivity contribution >= 4 is 11.8 Å². The van der Waals surface area contributed by atoms with E-state index in [9.17, 15) is 9.59 Å². The van der Waals surface area contributed by atoms with E-state index in [2.05, 4.69) is 34.6 Å². The van der Waals surface area contributed by atoms with Gasteiger partial charge in [-0.15, -0.1) is 0 Å². The summed E-state index contributed by atoms with van der Waals surface area (Å²) in [5.74, 6) is 1.67. The molecular weight excluding hydrogens is 496 g/mol. The first-order valence-corrected chi connectivity index (χ1v) is 17.5. The van der Waals surface area contributed by atoms with E-state index in [-0.39, 0.29) is 33.6 Å². The smallest absolute Gasteiger partial charge is 0.306 e. The van der Waals surface area contributed by atoms with Crippen molar-refractivity contribution in [3.05, 3.63) is 0 Å². The summed E-state index contributed by atoms with van der Waals surface area (Å²) in [6.45, 7) is 11.5. The molecule has 1 spiro atoms. The lowest BCUT2D eigenvalue weighted by atomic mass is 9.40. The van der Waals surface area contributed by atoms with Gasteiger partial charge in [0.25, 0.3) is 0 Å². The van der Waals surface area contributed by atoms with Gasteiger partial charge < -0.3 is 9.47 Å². The van der Waals surface area contributed by atoms with Crippen molar-refractivity contribution in [3.8, 4) is 0 Å². The van der Waals surface area contributed by atoms with Crippen LogP contribution in [0, 0.1) is 34.0 Å². The molecule has 0 N–H and O–H groups in total. The number of unbranched alkanes of at least 4 members (excludes halogenated alkanes) is 12. The van der Waals surface area contributed by atoms with Crippen LogP contribution >= 0.6 is 0 Å². The second kappa shape index (κ2) is 12.0. The Balaban J connectivity index is 1.04. The van der Waals surface area contributed by atoms with E-state index in [1.54, 1.807) is 0 Å². The van der Waals surface area contributed by atoms with Crippen molar-refractivity contribution in [2.45, 2.75) is 181 Å². The quantitative estimate of drug-likeness (QED) is 0.115. The fourth-order valence-corrected chi connectivity index (χ4v) is 11.0. The van der Waals surface area contributed by atoms with E-state index >= 15 is 0 Å². The largest absolute Gasteiger partial charge is 0.454 e. The van der Waals surface area contributed by atoms with Gasteiger partial charge in [0.15, 0.2) is 11.9 Å². The van der Waals surface area contributed by atoms with Crippen molar-refractivity contribution in [2.24, 2.45) is 34.0 Å². The highest BCUT2D eigenvalue weighted by Gasteiger charge is 2.79. The minimum Gasteiger partial charge on any atom is -0.454 e. The highest BCUT2D eigenvalue weighted by atomic mass is 16.6. The minimum atomic E-state index is -0.587. The predicted octanol–water partition coefficient (Wildman–Crippen LogP) is 9.37. The second-order valence-corrected chi connectivity index (χ2v) is 15.9. The average molecular weight is 557 g/mol. The molecule has 1 saturated heterocycles. The van der Waals surface area contributed by atoms with Crippen LogP contribution in [-0.4, -0.2) is 29.6 Å². The lowest BCUT2D eigenvalue weighted by Crippen LogP contribution is -2.63. The maximum Gasteiger partial charge on any atom is 0.306 e. The summed E-state index contributed by atoms with van der Waals surface area (Å²) in [5.41, 5.74) is 0.0499. The standard InChI is InChI=1S/C36H60O4/c1-6-7-8-9-10-11-12-13-14-15-16-17-18-19-30(38)39-31-27(37)25-34(4)28(33(31,2)3)22-23-36-24-26(20-21-29(34)36)35(5)32(36)40-35/h26,28-29,31-32H,6-25H2,1-5H3/t26-,28-,29+,31+,32+,34-,35+,36-/m1/s1. The third kappa shape index (κ3) is 5.46. The molecule has 4 heteroatoms. The molecule has 4 aliphatic carbocycles. The maximum atomic E-state index is 13.7. The Labute approximate surface area is 245 Å². The first-order chi connectivity index (χ1) is 19.1. The topological polar surface area (TPSA) is 55.9 Å². The maximum absolute atomic E-state index is 13.7. The molecule has 1 heterocycles. The fourth-order valence-electron chi connectivity index (χ4n) is 11.0. The first-order valence-electron chi connectivity index (χ1n) is 17.5. The van der Waals surface area contributed by atoms with Gasteiger partial charge in [0.2, 0.25) is 0 Å². The number of carbonyl (C=O) groups is 2. The van der Waals surface area contributed by atoms with Crippen LogP contribution in [0.2, 0.25) is 0 Å². The Morgan fingerprint density at radius 3 is 2.05 bits per heavy atom. The van der Waals surface area contributed by atoms with Crippen molar-refractivity contribution in [2.75, 3.05) is 0 Å². The number of hydrogen-bond acceptors (Lipinski definition) is 4.